The molecular weight excluding hydrogens is 239 g/mol. The van der Waals surface area contributed by atoms with Gasteiger partial charge in [0.25, 0.3) is 0 Å². The van der Waals surface area contributed by atoms with E-state index in [4.69, 9.17) is 4.74 Å². The van der Waals surface area contributed by atoms with Gasteiger partial charge in [0, 0.05) is 6.20 Å². The lowest BCUT2D eigenvalue weighted by Crippen LogP contribution is -2.25. The van der Waals surface area contributed by atoms with Crippen molar-refractivity contribution in [2.45, 2.75) is 13.0 Å². The van der Waals surface area contributed by atoms with Gasteiger partial charge in [0.05, 0.1) is 17.8 Å². The first-order valence-corrected chi connectivity index (χ1v) is 5.45. The average Bonchev–Trinajstić information content (AvgIpc) is 2.37. The normalized spacial score (nSPS) is 17.6. The molecule has 0 bridgehead atoms. The fraction of sp³-hybridized carbons (Fsp3) is 0.250. The van der Waals surface area contributed by atoms with Crippen LogP contribution in [-0.2, 0) is 0 Å². The van der Waals surface area contributed by atoms with Crippen molar-refractivity contribution in [3.8, 4) is 5.75 Å². The molecule has 0 saturated carbocycles. The molecule has 6 heteroatoms. The maximum absolute atomic E-state index is 13.6. The van der Waals surface area contributed by atoms with Gasteiger partial charge in [-0.2, -0.15) is 0 Å². The van der Waals surface area contributed by atoms with Crippen molar-refractivity contribution < 1.29 is 13.9 Å². The topological polar surface area (TPSA) is 61.2 Å². The van der Waals surface area contributed by atoms with Crippen molar-refractivity contribution in [3.05, 3.63) is 34.0 Å². The van der Waals surface area contributed by atoms with Gasteiger partial charge in [-0.25, -0.2) is 9.37 Å². The molecule has 18 heavy (non-hydrogen) atoms. The molecule has 92 valence electrons. The third kappa shape index (κ3) is 1.28. The Balaban J connectivity index is 2.56. The van der Waals surface area contributed by atoms with Crippen molar-refractivity contribution in [2.24, 2.45) is 0 Å². The molecule has 5 nitrogen and oxygen atoms in total. The number of ether oxygens (including phenoxy) is 1. The molecule has 1 aliphatic rings. The van der Waals surface area contributed by atoms with Crippen LogP contribution in [-0.4, -0.2) is 22.4 Å². The predicted molar refractivity (Wildman–Crippen MR) is 61.6 cm³/mol. The molecule has 0 N–H and O–H groups in total. The molecular formula is C12H9FN2O3. The van der Waals surface area contributed by atoms with Gasteiger partial charge in [-0.1, -0.05) is 0 Å². The molecule has 2 aromatic heterocycles. The van der Waals surface area contributed by atoms with Gasteiger partial charge in [-0.15, -0.1) is 0 Å². The van der Waals surface area contributed by atoms with Gasteiger partial charge in [-0.3, -0.25) is 9.59 Å². The summed E-state index contributed by atoms with van der Waals surface area (Å²) >= 11 is 0. The quantitative estimate of drug-likeness (QED) is 0.714. The van der Waals surface area contributed by atoms with Crippen LogP contribution < -0.4 is 10.2 Å². The van der Waals surface area contributed by atoms with Crippen LogP contribution in [0.15, 0.2) is 17.2 Å². The van der Waals surface area contributed by atoms with Gasteiger partial charge in [0.2, 0.25) is 5.43 Å². The summed E-state index contributed by atoms with van der Waals surface area (Å²) in [6.45, 7) is 2.14. The minimum Gasteiger partial charge on any atom is -0.486 e. The Labute approximate surface area is 101 Å². The molecule has 0 aliphatic carbocycles. The molecule has 3 heterocycles. The minimum absolute atomic E-state index is 0.0151. The van der Waals surface area contributed by atoms with E-state index in [0.29, 0.717) is 11.8 Å². The summed E-state index contributed by atoms with van der Waals surface area (Å²) in [4.78, 5) is 26.6. The van der Waals surface area contributed by atoms with Crippen molar-refractivity contribution in [1.29, 1.82) is 0 Å². The summed E-state index contributed by atoms with van der Waals surface area (Å²) in [6.07, 6.45) is 2.85. The molecule has 1 atom stereocenters. The van der Waals surface area contributed by atoms with Crippen LogP contribution in [0.5, 0.6) is 5.75 Å². The number of hydrogen-bond donors (Lipinski definition) is 0. The van der Waals surface area contributed by atoms with E-state index in [-0.39, 0.29) is 29.5 Å². The van der Waals surface area contributed by atoms with Gasteiger partial charge < -0.3 is 9.30 Å². The minimum atomic E-state index is -0.610. The fourth-order valence-corrected chi connectivity index (χ4v) is 2.13. The van der Waals surface area contributed by atoms with E-state index in [1.807, 2.05) is 6.92 Å². The highest BCUT2D eigenvalue weighted by Gasteiger charge is 2.24. The van der Waals surface area contributed by atoms with Gasteiger partial charge >= 0.3 is 0 Å². The third-order valence-electron chi connectivity index (χ3n) is 3.05. The molecule has 0 fully saturated rings. The first kappa shape index (κ1) is 10.9. The highest BCUT2D eigenvalue weighted by atomic mass is 19.1. The van der Waals surface area contributed by atoms with Crippen LogP contribution in [0, 0.1) is 5.82 Å². The van der Waals surface area contributed by atoms with Crippen molar-refractivity contribution in [3.63, 3.8) is 0 Å². The van der Waals surface area contributed by atoms with Crippen molar-refractivity contribution in [2.75, 3.05) is 6.61 Å². The second-order valence-electron chi connectivity index (χ2n) is 4.23. The lowest BCUT2D eigenvalue weighted by Gasteiger charge is -2.26. The lowest BCUT2D eigenvalue weighted by molar-refractivity contribution is 0.112. The number of aldehydes is 1. The maximum atomic E-state index is 13.6. The van der Waals surface area contributed by atoms with E-state index >= 15 is 0 Å². The molecule has 1 unspecified atom stereocenters. The van der Waals surface area contributed by atoms with Crippen molar-refractivity contribution >= 4 is 17.3 Å². The van der Waals surface area contributed by atoms with Crippen LogP contribution in [0.4, 0.5) is 4.39 Å². The predicted octanol–water partition coefficient (Wildman–Crippen LogP) is 1.30. The SMILES string of the molecule is CC1COc2c(F)cnc3c(=O)c(C=O)cn1c23. The molecule has 0 saturated heterocycles. The first-order valence-electron chi connectivity index (χ1n) is 5.45. The zero-order chi connectivity index (χ0) is 12.9. The second kappa shape index (κ2) is 3.63. The van der Waals surface area contributed by atoms with E-state index in [9.17, 15) is 14.0 Å². The fourth-order valence-electron chi connectivity index (χ4n) is 2.13. The van der Waals surface area contributed by atoms with E-state index in [1.165, 1.54) is 6.20 Å². The van der Waals surface area contributed by atoms with Crippen LogP contribution in [0.2, 0.25) is 0 Å². The number of pyridine rings is 2. The average molecular weight is 248 g/mol. The van der Waals surface area contributed by atoms with Crippen LogP contribution in [0.1, 0.15) is 23.3 Å². The Morgan fingerprint density at radius 3 is 3.11 bits per heavy atom. The second-order valence-corrected chi connectivity index (χ2v) is 4.23. The summed E-state index contributed by atoms with van der Waals surface area (Å²) in [5.41, 5.74) is -0.122. The summed E-state index contributed by atoms with van der Waals surface area (Å²) in [6, 6.07) is -0.0945. The van der Waals surface area contributed by atoms with Gasteiger partial charge in [0.1, 0.15) is 17.6 Å². The Morgan fingerprint density at radius 1 is 1.61 bits per heavy atom. The highest BCUT2D eigenvalue weighted by Crippen LogP contribution is 2.32. The number of hydrogen-bond acceptors (Lipinski definition) is 4. The molecule has 0 spiro atoms. The molecule has 3 rings (SSSR count). The Hall–Kier alpha value is -2.24. The highest BCUT2D eigenvalue weighted by molar-refractivity contribution is 5.87. The zero-order valence-corrected chi connectivity index (χ0v) is 9.51. The molecule has 2 aromatic rings. The van der Waals surface area contributed by atoms with E-state index in [0.717, 1.165) is 6.20 Å². The number of carbonyl (C=O) groups excluding carboxylic acids is 1. The molecule has 0 radical (unpaired) electrons. The third-order valence-corrected chi connectivity index (χ3v) is 3.05. The number of aromatic nitrogens is 2. The van der Waals surface area contributed by atoms with Crippen LogP contribution >= 0.6 is 0 Å². The van der Waals surface area contributed by atoms with E-state index in [2.05, 4.69) is 4.98 Å². The van der Waals surface area contributed by atoms with Crippen molar-refractivity contribution in [1.82, 2.24) is 9.55 Å². The monoisotopic (exact) mass is 248 g/mol. The van der Waals surface area contributed by atoms with E-state index in [1.54, 1.807) is 4.57 Å². The number of nitrogens with zero attached hydrogens (tertiary/aromatic N) is 2. The first-order chi connectivity index (χ1) is 8.63. The largest absolute Gasteiger partial charge is 0.486 e. The van der Waals surface area contributed by atoms with Crippen LogP contribution in [0.25, 0.3) is 11.0 Å². The summed E-state index contributed by atoms with van der Waals surface area (Å²) in [5.74, 6) is -0.589. The zero-order valence-electron chi connectivity index (χ0n) is 9.51. The summed E-state index contributed by atoms with van der Waals surface area (Å²) < 4.78 is 20.6. The van der Waals surface area contributed by atoms with Crippen LogP contribution in [0.3, 0.4) is 0 Å². The number of halogens is 1. The number of carbonyl (C=O) groups is 1. The molecule has 0 amide bonds. The van der Waals surface area contributed by atoms with Gasteiger partial charge in [-0.05, 0) is 6.92 Å². The molecule has 1 aliphatic heterocycles. The lowest BCUT2D eigenvalue weighted by atomic mass is 10.1. The Bertz CT molecular complexity index is 723. The van der Waals surface area contributed by atoms with E-state index < -0.39 is 11.2 Å². The molecule has 0 aromatic carbocycles. The number of rotatable bonds is 1. The Kier molecular flexibility index (Phi) is 2.19. The standard InChI is InChI=1S/C12H9FN2O3/c1-6-5-18-12-8(13)2-14-9-10(12)15(6)3-7(4-16)11(9)17/h2-4,6H,5H2,1H3. The smallest absolute Gasteiger partial charge is 0.218 e. The van der Waals surface area contributed by atoms with Gasteiger partial charge in [0.15, 0.2) is 17.9 Å². The summed E-state index contributed by atoms with van der Waals surface area (Å²) in [7, 11) is 0. The maximum Gasteiger partial charge on any atom is 0.218 e. The summed E-state index contributed by atoms with van der Waals surface area (Å²) in [5, 5.41) is 0. The Morgan fingerprint density at radius 2 is 2.39 bits per heavy atom.